The first-order valence-corrected chi connectivity index (χ1v) is 8.07. The molecule has 2 atom stereocenters. The molecule has 2 rings (SSSR count). The molecule has 0 bridgehead atoms. The standard InChI is InChI=1S/C17H25N3O4.ClH/c1-10(11(2)18)17(22)20-13-6-7-14(23-3)15(8-13)24-9-16(21)19-12-4-5-12;/h6-8,10-12H,4-5,9,18H2,1-3H3,(H,19,21)(H,20,22);1H. The predicted octanol–water partition coefficient (Wildman–Crippen LogP) is 1.70. The molecule has 1 saturated carbocycles. The van der Waals surface area contributed by atoms with Crippen LogP contribution in [0.15, 0.2) is 18.2 Å². The van der Waals surface area contributed by atoms with Crippen molar-refractivity contribution in [3.63, 3.8) is 0 Å². The zero-order chi connectivity index (χ0) is 17.7. The van der Waals surface area contributed by atoms with Crippen LogP contribution in [0.3, 0.4) is 0 Å². The Labute approximate surface area is 154 Å². The first-order valence-electron chi connectivity index (χ1n) is 8.07. The van der Waals surface area contributed by atoms with Crippen LogP contribution >= 0.6 is 12.4 Å². The topological polar surface area (TPSA) is 103 Å². The van der Waals surface area contributed by atoms with Crippen molar-refractivity contribution in [2.24, 2.45) is 11.7 Å². The van der Waals surface area contributed by atoms with Gasteiger partial charge in [0.1, 0.15) is 0 Å². The van der Waals surface area contributed by atoms with E-state index in [2.05, 4.69) is 10.6 Å². The molecule has 1 fully saturated rings. The molecule has 0 aromatic heterocycles. The highest BCUT2D eigenvalue weighted by Gasteiger charge is 2.23. The zero-order valence-electron chi connectivity index (χ0n) is 14.7. The molecule has 0 saturated heterocycles. The second-order valence-corrected chi connectivity index (χ2v) is 6.13. The lowest BCUT2D eigenvalue weighted by molar-refractivity contribution is -0.123. The van der Waals surface area contributed by atoms with Crippen molar-refractivity contribution < 1.29 is 19.1 Å². The molecule has 7 nitrogen and oxygen atoms in total. The number of ether oxygens (including phenoxy) is 2. The van der Waals surface area contributed by atoms with Crippen LogP contribution in [0.5, 0.6) is 11.5 Å². The fourth-order valence-corrected chi connectivity index (χ4v) is 2.00. The quantitative estimate of drug-likeness (QED) is 0.645. The maximum absolute atomic E-state index is 12.1. The number of benzene rings is 1. The van der Waals surface area contributed by atoms with Crippen LogP contribution in [-0.2, 0) is 9.59 Å². The molecule has 4 N–H and O–H groups in total. The number of carbonyl (C=O) groups excluding carboxylic acids is 2. The van der Waals surface area contributed by atoms with Gasteiger partial charge in [-0.1, -0.05) is 6.92 Å². The van der Waals surface area contributed by atoms with E-state index in [1.54, 1.807) is 32.0 Å². The Balaban J connectivity index is 0.00000312. The normalized spacial score (nSPS) is 15.4. The number of hydrogen-bond donors (Lipinski definition) is 3. The Hall–Kier alpha value is -1.99. The summed E-state index contributed by atoms with van der Waals surface area (Å²) in [6, 6.07) is 5.07. The molecule has 2 unspecified atom stereocenters. The van der Waals surface area contributed by atoms with Crippen LogP contribution in [0.1, 0.15) is 26.7 Å². The summed E-state index contributed by atoms with van der Waals surface area (Å²) in [5.41, 5.74) is 6.30. The number of rotatable bonds is 8. The lowest BCUT2D eigenvalue weighted by atomic mass is 10.0. The van der Waals surface area contributed by atoms with Crippen molar-refractivity contribution in [2.45, 2.75) is 38.8 Å². The molecule has 0 aliphatic heterocycles. The van der Waals surface area contributed by atoms with Gasteiger partial charge in [0.15, 0.2) is 18.1 Å². The minimum absolute atomic E-state index is 0. The largest absolute Gasteiger partial charge is 0.493 e. The molecule has 2 amide bonds. The van der Waals surface area contributed by atoms with Crippen molar-refractivity contribution in [2.75, 3.05) is 19.0 Å². The molecule has 1 aliphatic rings. The minimum Gasteiger partial charge on any atom is -0.493 e. The summed E-state index contributed by atoms with van der Waals surface area (Å²) in [6.07, 6.45) is 2.04. The van der Waals surface area contributed by atoms with Crippen molar-refractivity contribution in [1.29, 1.82) is 0 Å². The van der Waals surface area contributed by atoms with Gasteiger partial charge in [0.05, 0.1) is 13.0 Å². The number of anilines is 1. The zero-order valence-corrected chi connectivity index (χ0v) is 15.5. The molecule has 0 radical (unpaired) electrons. The van der Waals surface area contributed by atoms with Gasteiger partial charge in [-0.05, 0) is 31.9 Å². The minimum atomic E-state index is -0.319. The fraction of sp³-hybridized carbons (Fsp3) is 0.529. The van der Waals surface area contributed by atoms with Crippen LogP contribution < -0.4 is 25.8 Å². The van der Waals surface area contributed by atoms with E-state index in [1.807, 2.05) is 0 Å². The Morgan fingerprint density at radius 3 is 2.52 bits per heavy atom. The maximum Gasteiger partial charge on any atom is 0.258 e. The van der Waals surface area contributed by atoms with Crippen molar-refractivity contribution in [3.05, 3.63) is 18.2 Å². The van der Waals surface area contributed by atoms with E-state index in [9.17, 15) is 9.59 Å². The van der Waals surface area contributed by atoms with Gasteiger partial charge >= 0.3 is 0 Å². The number of nitrogens with one attached hydrogen (secondary N) is 2. The number of carbonyl (C=O) groups is 2. The molecule has 25 heavy (non-hydrogen) atoms. The Kier molecular flexibility index (Phi) is 7.99. The first-order chi connectivity index (χ1) is 11.4. The lowest BCUT2D eigenvalue weighted by Crippen LogP contribution is -2.34. The van der Waals surface area contributed by atoms with Crippen LogP contribution in [-0.4, -0.2) is 37.6 Å². The fourth-order valence-electron chi connectivity index (χ4n) is 2.00. The smallest absolute Gasteiger partial charge is 0.258 e. The van der Waals surface area contributed by atoms with E-state index < -0.39 is 0 Å². The third kappa shape index (κ3) is 6.43. The molecular weight excluding hydrogens is 346 g/mol. The second-order valence-electron chi connectivity index (χ2n) is 6.13. The molecule has 0 heterocycles. The van der Waals surface area contributed by atoms with Crippen LogP contribution in [0.2, 0.25) is 0 Å². The van der Waals surface area contributed by atoms with Gasteiger partial charge in [0.2, 0.25) is 5.91 Å². The summed E-state index contributed by atoms with van der Waals surface area (Å²) in [6.45, 7) is 3.45. The number of halogens is 1. The third-order valence-electron chi connectivity index (χ3n) is 3.93. The number of methoxy groups -OCH3 is 1. The SMILES string of the molecule is COc1ccc(NC(=O)C(C)C(C)N)cc1OCC(=O)NC1CC1.Cl. The summed E-state index contributed by atoms with van der Waals surface area (Å²) in [5.74, 6) is 0.232. The van der Waals surface area contributed by atoms with Crippen molar-refractivity contribution in [3.8, 4) is 11.5 Å². The summed E-state index contributed by atoms with van der Waals surface area (Å²) < 4.78 is 10.8. The van der Waals surface area contributed by atoms with Gasteiger partial charge in [0.25, 0.3) is 5.91 Å². The van der Waals surface area contributed by atoms with Crippen LogP contribution in [0, 0.1) is 5.92 Å². The van der Waals surface area contributed by atoms with Crippen LogP contribution in [0.4, 0.5) is 5.69 Å². The van der Waals surface area contributed by atoms with E-state index in [0.717, 1.165) is 12.8 Å². The summed E-state index contributed by atoms with van der Waals surface area (Å²) in [5, 5.41) is 5.64. The molecule has 1 aromatic rings. The average molecular weight is 372 g/mol. The highest BCUT2D eigenvalue weighted by Crippen LogP contribution is 2.30. The summed E-state index contributed by atoms with van der Waals surface area (Å²) >= 11 is 0. The Bertz CT molecular complexity index is 606. The van der Waals surface area contributed by atoms with E-state index in [4.69, 9.17) is 15.2 Å². The summed E-state index contributed by atoms with van der Waals surface area (Å²) in [7, 11) is 1.52. The highest BCUT2D eigenvalue weighted by molar-refractivity contribution is 5.93. The van der Waals surface area contributed by atoms with E-state index in [1.165, 1.54) is 7.11 Å². The average Bonchev–Trinajstić information content (AvgIpc) is 3.36. The molecule has 8 heteroatoms. The van der Waals surface area contributed by atoms with Gasteiger partial charge in [-0.2, -0.15) is 0 Å². The molecule has 1 aromatic carbocycles. The van der Waals surface area contributed by atoms with Gasteiger partial charge in [0, 0.05) is 23.8 Å². The number of hydrogen-bond acceptors (Lipinski definition) is 5. The van der Waals surface area contributed by atoms with Crippen molar-refractivity contribution >= 4 is 29.9 Å². The van der Waals surface area contributed by atoms with E-state index in [-0.39, 0.29) is 48.8 Å². The van der Waals surface area contributed by atoms with Gasteiger partial charge in [-0.25, -0.2) is 0 Å². The monoisotopic (exact) mass is 371 g/mol. The lowest BCUT2D eigenvalue weighted by Gasteiger charge is -2.17. The number of nitrogens with two attached hydrogens (primary N) is 1. The van der Waals surface area contributed by atoms with Crippen molar-refractivity contribution in [1.82, 2.24) is 5.32 Å². The third-order valence-corrected chi connectivity index (χ3v) is 3.93. The van der Waals surface area contributed by atoms with Gasteiger partial charge < -0.3 is 25.8 Å². The predicted molar refractivity (Wildman–Crippen MR) is 98.3 cm³/mol. The molecule has 140 valence electrons. The number of amides is 2. The Morgan fingerprint density at radius 1 is 1.28 bits per heavy atom. The van der Waals surface area contributed by atoms with Crippen LogP contribution in [0.25, 0.3) is 0 Å². The highest BCUT2D eigenvalue weighted by atomic mass is 35.5. The summed E-state index contributed by atoms with van der Waals surface area (Å²) in [4.78, 5) is 23.8. The first kappa shape index (κ1) is 21.1. The molecule has 1 aliphatic carbocycles. The van der Waals surface area contributed by atoms with Gasteiger partial charge in [-0.15, -0.1) is 12.4 Å². The molecular formula is C17H26ClN3O4. The second kappa shape index (κ2) is 9.48. The van der Waals surface area contributed by atoms with Gasteiger partial charge in [-0.3, -0.25) is 9.59 Å². The van der Waals surface area contributed by atoms with E-state index in [0.29, 0.717) is 17.2 Å². The Morgan fingerprint density at radius 2 is 1.96 bits per heavy atom. The molecule has 0 spiro atoms. The van der Waals surface area contributed by atoms with E-state index >= 15 is 0 Å². The maximum atomic E-state index is 12.1.